The smallest absolute Gasteiger partial charge is 0.201 e. The predicted octanol–water partition coefficient (Wildman–Crippen LogP) is 4.52. The molecule has 2 aromatic carbocycles. The lowest BCUT2D eigenvalue weighted by Gasteiger charge is -2.38. The third-order valence-corrected chi connectivity index (χ3v) is 8.20. The summed E-state index contributed by atoms with van der Waals surface area (Å²) in [6, 6.07) is 13.4. The molecule has 0 radical (unpaired) electrons. The van der Waals surface area contributed by atoms with Crippen molar-refractivity contribution in [2.75, 3.05) is 37.4 Å². The second kappa shape index (κ2) is 10.5. The summed E-state index contributed by atoms with van der Waals surface area (Å²) in [5.74, 6) is 0.788. The number of nitrogen functional groups attached to an aromatic ring is 1. The zero-order chi connectivity index (χ0) is 27.1. The Balaban J connectivity index is 1.15. The van der Waals surface area contributed by atoms with E-state index in [9.17, 15) is 4.39 Å². The number of fused-ring (bicyclic) bond motifs is 2. The fraction of sp³-hybridized carbons (Fsp3) is 0.379. The molecule has 0 bridgehead atoms. The number of aromatic amines is 1. The van der Waals surface area contributed by atoms with Crippen LogP contribution in [0.1, 0.15) is 37.3 Å². The van der Waals surface area contributed by atoms with Crippen molar-refractivity contribution in [3.63, 3.8) is 0 Å². The number of H-pyrrole nitrogens is 1. The van der Waals surface area contributed by atoms with Crippen LogP contribution in [-0.2, 0) is 11.3 Å². The van der Waals surface area contributed by atoms with Crippen LogP contribution in [0.2, 0.25) is 0 Å². The number of aromatic nitrogens is 6. The van der Waals surface area contributed by atoms with Crippen molar-refractivity contribution in [1.29, 1.82) is 0 Å². The molecule has 1 aliphatic heterocycles. The third kappa shape index (κ3) is 4.75. The molecule has 2 fully saturated rings. The Labute approximate surface area is 230 Å². The predicted molar refractivity (Wildman–Crippen MR) is 152 cm³/mol. The number of halogens is 1. The van der Waals surface area contributed by atoms with E-state index in [1.165, 1.54) is 18.5 Å². The van der Waals surface area contributed by atoms with Crippen molar-refractivity contribution in [3.8, 4) is 11.3 Å². The number of imidazole rings is 1. The van der Waals surface area contributed by atoms with Crippen LogP contribution in [0.25, 0.3) is 33.3 Å². The SMILES string of the molecule is Nc1ncnc2c1c(-c1ccc3nc(NCc4cccc(F)c4)[nH]c3c1)nn2[C@H]1CC[C@H](N2CCOCC2)CC1. The van der Waals surface area contributed by atoms with Crippen molar-refractivity contribution < 1.29 is 9.13 Å². The highest BCUT2D eigenvalue weighted by molar-refractivity contribution is 5.99. The van der Waals surface area contributed by atoms with Gasteiger partial charge in [-0.05, 0) is 55.5 Å². The van der Waals surface area contributed by atoms with Crippen molar-refractivity contribution >= 4 is 33.8 Å². The Hall–Kier alpha value is -4.09. The molecule has 10 nitrogen and oxygen atoms in total. The first-order valence-corrected chi connectivity index (χ1v) is 13.9. The monoisotopic (exact) mass is 541 g/mol. The molecule has 1 saturated carbocycles. The number of nitrogens with two attached hydrogens (primary N) is 1. The molecule has 0 atom stereocenters. The number of anilines is 2. The summed E-state index contributed by atoms with van der Waals surface area (Å²) in [6.07, 6.45) is 5.87. The lowest BCUT2D eigenvalue weighted by molar-refractivity contribution is 0.00520. The van der Waals surface area contributed by atoms with E-state index in [-0.39, 0.29) is 11.9 Å². The Bertz CT molecular complexity index is 1650. The minimum absolute atomic E-state index is 0.256. The average molecular weight is 542 g/mol. The second-order valence-corrected chi connectivity index (χ2v) is 10.7. The minimum atomic E-state index is -0.256. The van der Waals surface area contributed by atoms with Crippen LogP contribution in [0.5, 0.6) is 0 Å². The zero-order valence-corrected chi connectivity index (χ0v) is 22.2. The zero-order valence-electron chi connectivity index (χ0n) is 22.2. The molecule has 4 N–H and O–H groups in total. The van der Waals surface area contributed by atoms with Crippen LogP contribution in [0.3, 0.4) is 0 Å². The summed E-state index contributed by atoms with van der Waals surface area (Å²) >= 11 is 0. The highest BCUT2D eigenvalue weighted by Crippen LogP contribution is 2.37. The fourth-order valence-electron chi connectivity index (χ4n) is 6.14. The van der Waals surface area contributed by atoms with Gasteiger partial charge in [0.1, 0.15) is 23.7 Å². The van der Waals surface area contributed by atoms with Gasteiger partial charge in [-0.2, -0.15) is 5.10 Å². The summed E-state index contributed by atoms with van der Waals surface area (Å²) in [6.45, 7) is 4.16. The summed E-state index contributed by atoms with van der Waals surface area (Å²) in [7, 11) is 0. The highest BCUT2D eigenvalue weighted by Gasteiger charge is 2.30. The first-order chi connectivity index (χ1) is 19.6. The van der Waals surface area contributed by atoms with Gasteiger partial charge in [-0.1, -0.05) is 18.2 Å². The van der Waals surface area contributed by atoms with Crippen LogP contribution in [0.4, 0.5) is 16.2 Å². The van der Waals surface area contributed by atoms with E-state index in [0.29, 0.717) is 24.4 Å². The molecule has 0 unspecified atom stereocenters. The maximum atomic E-state index is 13.5. The molecule has 0 spiro atoms. The van der Waals surface area contributed by atoms with E-state index >= 15 is 0 Å². The number of nitrogens with zero attached hydrogens (tertiary/aromatic N) is 6. The summed E-state index contributed by atoms with van der Waals surface area (Å²) in [4.78, 5) is 19.5. The van der Waals surface area contributed by atoms with Gasteiger partial charge in [-0.15, -0.1) is 0 Å². The van der Waals surface area contributed by atoms with Crippen molar-refractivity contribution in [3.05, 3.63) is 60.2 Å². The molecule has 2 aliphatic rings. The Kier molecular flexibility index (Phi) is 6.52. The summed E-state index contributed by atoms with van der Waals surface area (Å²) < 4.78 is 21.2. The first kappa shape index (κ1) is 24.9. The largest absolute Gasteiger partial charge is 0.383 e. The number of benzene rings is 2. The standard InChI is InChI=1S/C29H32FN9O/c30-20-3-1-2-18(14-20)16-32-29-35-23-9-4-19(15-24(23)36-29)26-25-27(31)33-17-34-28(25)39(37-26)22-7-5-21(6-8-22)38-10-12-40-13-11-38/h1-4,9,14-15,17,21-22H,5-8,10-13,16H2,(H2,31,33,34)(H2,32,35,36)/t21-,22-. The molecule has 7 rings (SSSR count). The summed E-state index contributed by atoms with van der Waals surface area (Å²) in [5, 5.41) is 9.12. The number of nitrogens with one attached hydrogen (secondary N) is 2. The van der Waals surface area contributed by atoms with Gasteiger partial charge in [0.25, 0.3) is 0 Å². The van der Waals surface area contributed by atoms with Crippen molar-refractivity contribution in [2.45, 2.75) is 44.3 Å². The molecular formula is C29H32FN9O. The van der Waals surface area contributed by atoms with Gasteiger partial charge < -0.3 is 20.8 Å². The van der Waals surface area contributed by atoms with Gasteiger partial charge in [0, 0.05) is 31.2 Å². The maximum Gasteiger partial charge on any atom is 0.201 e. The molecule has 40 heavy (non-hydrogen) atoms. The quantitative estimate of drug-likeness (QED) is 0.287. The van der Waals surface area contributed by atoms with Gasteiger partial charge in [0.2, 0.25) is 5.95 Å². The van der Waals surface area contributed by atoms with E-state index in [4.69, 9.17) is 15.6 Å². The molecule has 5 aromatic rings. The Morgan fingerprint density at radius 3 is 2.67 bits per heavy atom. The highest BCUT2D eigenvalue weighted by atomic mass is 19.1. The second-order valence-electron chi connectivity index (χ2n) is 10.7. The molecule has 4 heterocycles. The lowest BCUT2D eigenvalue weighted by Crippen LogP contribution is -2.45. The lowest BCUT2D eigenvalue weighted by atomic mass is 9.90. The number of morpholine rings is 1. The Morgan fingerprint density at radius 2 is 1.85 bits per heavy atom. The molecule has 1 aliphatic carbocycles. The summed E-state index contributed by atoms with van der Waals surface area (Å²) in [5.41, 5.74) is 11.4. The van der Waals surface area contributed by atoms with E-state index in [1.807, 2.05) is 24.3 Å². The number of hydrogen-bond acceptors (Lipinski definition) is 8. The van der Waals surface area contributed by atoms with Gasteiger partial charge in [0.05, 0.1) is 35.7 Å². The Morgan fingerprint density at radius 1 is 1.02 bits per heavy atom. The van der Waals surface area contributed by atoms with Crippen LogP contribution in [0, 0.1) is 5.82 Å². The van der Waals surface area contributed by atoms with Crippen molar-refractivity contribution in [2.24, 2.45) is 0 Å². The first-order valence-electron chi connectivity index (χ1n) is 13.9. The topological polar surface area (TPSA) is 123 Å². The van der Waals surface area contributed by atoms with Gasteiger partial charge in [0.15, 0.2) is 5.65 Å². The molecule has 206 valence electrons. The third-order valence-electron chi connectivity index (χ3n) is 8.20. The fourth-order valence-corrected chi connectivity index (χ4v) is 6.14. The number of hydrogen-bond donors (Lipinski definition) is 3. The van der Waals surface area contributed by atoms with Gasteiger partial charge >= 0.3 is 0 Å². The average Bonchev–Trinajstić information content (AvgIpc) is 3.59. The molecular weight excluding hydrogens is 509 g/mol. The number of ether oxygens (including phenoxy) is 1. The molecule has 1 saturated heterocycles. The van der Waals surface area contributed by atoms with Crippen molar-refractivity contribution in [1.82, 2.24) is 34.6 Å². The van der Waals surface area contributed by atoms with Crippen LogP contribution in [0.15, 0.2) is 48.8 Å². The van der Waals surface area contributed by atoms with E-state index in [0.717, 1.165) is 90.9 Å². The van der Waals surface area contributed by atoms with E-state index < -0.39 is 0 Å². The minimum Gasteiger partial charge on any atom is -0.383 e. The van der Waals surface area contributed by atoms with Gasteiger partial charge in [-0.3, -0.25) is 4.90 Å². The van der Waals surface area contributed by atoms with Crippen LogP contribution >= 0.6 is 0 Å². The van der Waals surface area contributed by atoms with E-state index in [2.05, 4.69) is 34.8 Å². The van der Waals surface area contributed by atoms with Gasteiger partial charge in [-0.25, -0.2) is 24.0 Å². The van der Waals surface area contributed by atoms with E-state index in [1.54, 1.807) is 6.07 Å². The molecule has 11 heteroatoms. The molecule has 0 amide bonds. The normalized spacial score (nSPS) is 20.3. The van der Waals surface area contributed by atoms with Crippen LogP contribution in [-0.4, -0.2) is 67.0 Å². The molecule has 3 aromatic heterocycles. The maximum absolute atomic E-state index is 13.5. The van der Waals surface area contributed by atoms with Crippen LogP contribution < -0.4 is 11.1 Å². The number of rotatable bonds is 6.